The van der Waals surface area contributed by atoms with Crippen LogP contribution in [0.5, 0.6) is 0 Å². The van der Waals surface area contributed by atoms with Gasteiger partial charge in [-0.3, -0.25) is 20.2 Å². The van der Waals surface area contributed by atoms with Crippen molar-refractivity contribution >= 4 is 5.69 Å². The fraction of sp³-hybridized carbons (Fsp3) is 0.538. The van der Waals surface area contributed by atoms with Crippen LogP contribution < -0.4 is 0 Å². The van der Waals surface area contributed by atoms with Crippen molar-refractivity contribution in [3.05, 3.63) is 50.1 Å². The number of non-ortho nitro benzene ring substituents is 1. The first-order valence-corrected chi connectivity index (χ1v) is 6.41. The Morgan fingerprint density at radius 2 is 1.58 bits per heavy atom. The van der Waals surface area contributed by atoms with Crippen molar-refractivity contribution in [1.29, 1.82) is 0 Å². The summed E-state index contributed by atoms with van der Waals surface area (Å²) in [5.41, 5.74) is -0.0688. The highest BCUT2D eigenvalue weighted by Crippen LogP contribution is 2.34. The molecule has 0 aliphatic heterocycles. The summed E-state index contributed by atoms with van der Waals surface area (Å²) in [4.78, 5) is 21.3. The summed E-state index contributed by atoms with van der Waals surface area (Å²) in [5, 5.41) is 21.9. The zero-order valence-electron chi connectivity index (χ0n) is 10.6. The number of hydrogen-bond acceptors (Lipinski definition) is 4. The molecule has 1 aromatic carbocycles. The fourth-order valence-corrected chi connectivity index (χ4v) is 2.75. The quantitative estimate of drug-likeness (QED) is 0.617. The Hall–Kier alpha value is -1.98. The molecule has 19 heavy (non-hydrogen) atoms. The molecule has 0 spiro atoms. The lowest BCUT2D eigenvalue weighted by Crippen LogP contribution is -2.42. The molecule has 0 heterocycles. The minimum absolute atomic E-state index is 0.0162. The molecular weight excluding hydrogens is 248 g/mol. The van der Waals surface area contributed by atoms with E-state index in [0.29, 0.717) is 19.3 Å². The number of nitro groups is 2. The van der Waals surface area contributed by atoms with Crippen molar-refractivity contribution in [1.82, 2.24) is 0 Å². The molecule has 0 bridgehead atoms. The Kier molecular flexibility index (Phi) is 3.78. The highest BCUT2D eigenvalue weighted by Gasteiger charge is 2.43. The zero-order valence-corrected chi connectivity index (χ0v) is 10.6. The van der Waals surface area contributed by atoms with Crippen LogP contribution in [0.15, 0.2) is 24.3 Å². The van der Waals surface area contributed by atoms with Gasteiger partial charge in [0.15, 0.2) is 0 Å². The third kappa shape index (κ3) is 2.89. The SMILES string of the molecule is O=[N+]([O-])c1ccc(CC2([N+](=O)[O-])CCCCC2)cc1. The van der Waals surface area contributed by atoms with Crippen LogP contribution in [0.3, 0.4) is 0 Å². The van der Waals surface area contributed by atoms with Crippen molar-refractivity contribution in [2.75, 3.05) is 0 Å². The van der Waals surface area contributed by atoms with Gasteiger partial charge in [0, 0.05) is 36.3 Å². The molecule has 1 aromatic rings. The molecule has 6 nitrogen and oxygen atoms in total. The van der Waals surface area contributed by atoms with Gasteiger partial charge in [-0.05, 0) is 18.4 Å². The Labute approximate surface area is 110 Å². The van der Waals surface area contributed by atoms with Gasteiger partial charge in [-0.15, -0.1) is 0 Å². The van der Waals surface area contributed by atoms with Crippen molar-refractivity contribution in [3.63, 3.8) is 0 Å². The van der Waals surface area contributed by atoms with E-state index in [1.165, 1.54) is 12.1 Å². The predicted molar refractivity (Wildman–Crippen MR) is 69.6 cm³/mol. The van der Waals surface area contributed by atoms with E-state index in [0.717, 1.165) is 24.8 Å². The second-order valence-electron chi connectivity index (χ2n) is 5.14. The Balaban J connectivity index is 2.17. The number of hydrogen-bond donors (Lipinski definition) is 0. The van der Waals surface area contributed by atoms with Crippen molar-refractivity contribution in [3.8, 4) is 0 Å². The first-order chi connectivity index (χ1) is 9.03. The summed E-state index contributed by atoms with van der Waals surface area (Å²) in [5.74, 6) is 0. The van der Waals surface area contributed by atoms with E-state index in [1.54, 1.807) is 12.1 Å². The van der Waals surface area contributed by atoms with Gasteiger partial charge in [0.25, 0.3) is 5.69 Å². The Morgan fingerprint density at radius 1 is 1.00 bits per heavy atom. The number of nitro benzene ring substituents is 1. The van der Waals surface area contributed by atoms with Gasteiger partial charge in [0.2, 0.25) is 5.54 Å². The van der Waals surface area contributed by atoms with Crippen LogP contribution in [-0.2, 0) is 6.42 Å². The standard InChI is InChI=1S/C13H16N2O4/c16-14(17)12-6-4-11(5-7-12)10-13(15(18)19)8-2-1-3-9-13/h4-7H,1-3,8-10H2. The molecule has 0 amide bonds. The molecule has 0 saturated heterocycles. The van der Waals surface area contributed by atoms with Gasteiger partial charge in [0.1, 0.15) is 0 Å². The van der Waals surface area contributed by atoms with E-state index in [9.17, 15) is 20.2 Å². The lowest BCUT2D eigenvalue weighted by molar-refractivity contribution is -0.574. The highest BCUT2D eigenvalue weighted by molar-refractivity contribution is 5.33. The minimum Gasteiger partial charge on any atom is -0.264 e. The third-order valence-corrected chi connectivity index (χ3v) is 3.85. The van der Waals surface area contributed by atoms with Gasteiger partial charge in [-0.25, -0.2) is 0 Å². The molecule has 1 aliphatic carbocycles. The zero-order chi connectivity index (χ0) is 13.9. The van der Waals surface area contributed by atoms with Gasteiger partial charge in [-0.1, -0.05) is 18.6 Å². The van der Waals surface area contributed by atoms with Crippen LogP contribution in [0.25, 0.3) is 0 Å². The molecule has 1 saturated carbocycles. The van der Waals surface area contributed by atoms with E-state index in [4.69, 9.17) is 0 Å². The van der Waals surface area contributed by atoms with Crippen LogP contribution in [-0.4, -0.2) is 15.4 Å². The van der Waals surface area contributed by atoms with Crippen LogP contribution in [0.4, 0.5) is 5.69 Å². The first kappa shape index (κ1) is 13.5. The van der Waals surface area contributed by atoms with Gasteiger partial charge in [-0.2, -0.15) is 0 Å². The van der Waals surface area contributed by atoms with Gasteiger partial charge >= 0.3 is 0 Å². The maximum Gasteiger partial charge on any atom is 0.269 e. The van der Waals surface area contributed by atoms with Crippen molar-refractivity contribution < 1.29 is 9.85 Å². The van der Waals surface area contributed by atoms with Crippen LogP contribution in [0, 0.1) is 20.2 Å². The summed E-state index contributed by atoms with van der Waals surface area (Å²) in [6, 6.07) is 6.06. The van der Waals surface area contributed by atoms with E-state index < -0.39 is 10.5 Å². The van der Waals surface area contributed by atoms with E-state index >= 15 is 0 Å². The highest BCUT2D eigenvalue weighted by atomic mass is 16.6. The summed E-state index contributed by atoms with van der Waals surface area (Å²) in [7, 11) is 0. The lowest BCUT2D eigenvalue weighted by Gasteiger charge is -2.29. The number of rotatable bonds is 4. The smallest absolute Gasteiger partial charge is 0.264 e. The van der Waals surface area contributed by atoms with Crippen molar-refractivity contribution in [2.45, 2.75) is 44.1 Å². The summed E-state index contributed by atoms with van der Waals surface area (Å²) in [6.07, 6.45) is 4.36. The topological polar surface area (TPSA) is 86.3 Å². The summed E-state index contributed by atoms with van der Waals surface area (Å²) < 4.78 is 0. The normalized spacial score (nSPS) is 17.9. The molecule has 1 fully saturated rings. The largest absolute Gasteiger partial charge is 0.269 e. The maximum absolute atomic E-state index is 11.4. The molecule has 2 rings (SSSR count). The van der Waals surface area contributed by atoms with Crippen LogP contribution >= 0.6 is 0 Å². The molecule has 0 atom stereocenters. The summed E-state index contributed by atoms with van der Waals surface area (Å²) >= 11 is 0. The predicted octanol–water partition coefficient (Wildman–Crippen LogP) is 3.12. The fourth-order valence-electron chi connectivity index (χ4n) is 2.75. The molecule has 0 N–H and O–H groups in total. The van der Waals surface area contributed by atoms with Gasteiger partial charge in [0.05, 0.1) is 4.92 Å². The molecule has 0 aromatic heterocycles. The Morgan fingerprint density at radius 3 is 2.05 bits per heavy atom. The second kappa shape index (κ2) is 5.34. The average Bonchev–Trinajstić information content (AvgIpc) is 2.40. The number of benzene rings is 1. The third-order valence-electron chi connectivity index (χ3n) is 3.85. The number of nitrogens with zero attached hydrogens (tertiary/aromatic N) is 2. The monoisotopic (exact) mass is 264 g/mol. The Bertz CT molecular complexity index is 478. The van der Waals surface area contributed by atoms with E-state index in [-0.39, 0.29) is 10.6 Å². The molecule has 1 aliphatic rings. The van der Waals surface area contributed by atoms with Crippen LogP contribution in [0.2, 0.25) is 0 Å². The summed E-state index contributed by atoms with van der Waals surface area (Å²) in [6.45, 7) is 0. The minimum atomic E-state index is -0.881. The van der Waals surface area contributed by atoms with Crippen molar-refractivity contribution in [2.24, 2.45) is 0 Å². The first-order valence-electron chi connectivity index (χ1n) is 6.41. The molecule has 0 unspecified atom stereocenters. The maximum atomic E-state index is 11.4. The second-order valence-corrected chi connectivity index (χ2v) is 5.14. The van der Waals surface area contributed by atoms with Crippen LogP contribution in [0.1, 0.15) is 37.7 Å². The van der Waals surface area contributed by atoms with E-state index in [2.05, 4.69) is 0 Å². The van der Waals surface area contributed by atoms with Gasteiger partial charge < -0.3 is 0 Å². The van der Waals surface area contributed by atoms with E-state index in [1.807, 2.05) is 0 Å². The molecule has 0 radical (unpaired) electrons. The molecule has 102 valence electrons. The molecular formula is C13H16N2O4. The molecule has 6 heteroatoms. The lowest BCUT2D eigenvalue weighted by atomic mass is 9.78. The average molecular weight is 264 g/mol.